The number of nitrogens with zero attached hydrogens (tertiary/aromatic N) is 2. The molecule has 30 heavy (non-hydrogen) atoms. The first-order chi connectivity index (χ1) is 14.4. The number of amides is 1. The van der Waals surface area contributed by atoms with Crippen LogP contribution >= 0.6 is 0 Å². The molecule has 1 atom stereocenters. The summed E-state index contributed by atoms with van der Waals surface area (Å²) in [5.41, 5.74) is -0.164. The molecule has 2 N–H and O–H groups in total. The van der Waals surface area contributed by atoms with Crippen molar-refractivity contribution < 1.29 is 18.0 Å². The van der Waals surface area contributed by atoms with E-state index < -0.39 is 11.7 Å². The van der Waals surface area contributed by atoms with Gasteiger partial charge in [0, 0.05) is 31.6 Å². The summed E-state index contributed by atoms with van der Waals surface area (Å²) >= 11 is 0. The van der Waals surface area contributed by atoms with Crippen molar-refractivity contribution >= 4 is 11.9 Å². The van der Waals surface area contributed by atoms with Gasteiger partial charge in [0.15, 0.2) is 5.96 Å². The quantitative estimate of drug-likeness (QED) is 0.556. The zero-order valence-corrected chi connectivity index (χ0v) is 17.5. The van der Waals surface area contributed by atoms with Crippen molar-refractivity contribution in [1.29, 1.82) is 0 Å². The molecule has 1 aliphatic carbocycles. The Bertz CT molecular complexity index is 744. The van der Waals surface area contributed by atoms with Crippen LogP contribution in [0.3, 0.4) is 0 Å². The van der Waals surface area contributed by atoms with E-state index in [1.54, 1.807) is 6.07 Å². The number of guanidine groups is 1. The number of carbonyl (C=O) groups excluding carboxylic acids is 1. The molecule has 1 saturated heterocycles. The molecule has 5 nitrogen and oxygen atoms in total. The summed E-state index contributed by atoms with van der Waals surface area (Å²) in [4.78, 5) is 19.1. The highest BCUT2D eigenvalue weighted by atomic mass is 19.4. The number of carbonyl (C=O) groups is 1. The van der Waals surface area contributed by atoms with Gasteiger partial charge in [0.25, 0.3) is 0 Å². The van der Waals surface area contributed by atoms with Gasteiger partial charge in [0.1, 0.15) is 0 Å². The molecule has 3 rings (SSSR count). The van der Waals surface area contributed by atoms with E-state index >= 15 is 0 Å². The highest BCUT2D eigenvalue weighted by Crippen LogP contribution is 2.30. The van der Waals surface area contributed by atoms with E-state index in [-0.39, 0.29) is 24.4 Å². The van der Waals surface area contributed by atoms with Gasteiger partial charge in [-0.05, 0) is 43.9 Å². The Kier molecular flexibility index (Phi) is 7.61. The fraction of sp³-hybridized carbons (Fsp3) is 0.636. The number of hydrogen-bond acceptors (Lipinski definition) is 2. The molecule has 166 valence electrons. The lowest BCUT2D eigenvalue weighted by Gasteiger charge is -2.26. The topological polar surface area (TPSA) is 56.7 Å². The van der Waals surface area contributed by atoms with Crippen LogP contribution in [0.15, 0.2) is 29.3 Å². The smallest absolute Gasteiger partial charge is 0.357 e. The fourth-order valence-corrected chi connectivity index (χ4v) is 4.22. The number of benzene rings is 1. The van der Waals surface area contributed by atoms with Gasteiger partial charge in [0.05, 0.1) is 12.1 Å². The van der Waals surface area contributed by atoms with E-state index in [0.717, 1.165) is 50.8 Å². The van der Waals surface area contributed by atoms with Crippen LogP contribution in [0, 0.1) is 5.92 Å². The average Bonchev–Trinajstić information content (AvgIpc) is 3.20. The lowest BCUT2D eigenvalue weighted by Crippen LogP contribution is -2.45. The Hall–Kier alpha value is -2.25. The molecular formula is C22H31F3N4O. The normalized spacial score (nSPS) is 21.0. The van der Waals surface area contributed by atoms with Crippen LogP contribution in [0.1, 0.15) is 56.6 Å². The molecule has 2 aliphatic rings. The van der Waals surface area contributed by atoms with Crippen molar-refractivity contribution in [3.63, 3.8) is 0 Å². The second-order valence-corrected chi connectivity index (χ2v) is 8.14. The van der Waals surface area contributed by atoms with Gasteiger partial charge in [-0.3, -0.25) is 4.79 Å². The van der Waals surface area contributed by atoms with Crippen molar-refractivity contribution in [1.82, 2.24) is 15.5 Å². The van der Waals surface area contributed by atoms with Crippen LogP contribution in [-0.4, -0.2) is 42.4 Å². The zero-order chi connectivity index (χ0) is 21.6. The van der Waals surface area contributed by atoms with Gasteiger partial charge >= 0.3 is 6.18 Å². The largest absolute Gasteiger partial charge is 0.416 e. The minimum Gasteiger partial charge on any atom is -0.357 e. The molecule has 0 aromatic heterocycles. The highest BCUT2D eigenvalue weighted by molar-refractivity contribution is 5.81. The molecular weight excluding hydrogens is 393 g/mol. The van der Waals surface area contributed by atoms with Crippen LogP contribution in [-0.2, 0) is 17.5 Å². The zero-order valence-electron chi connectivity index (χ0n) is 17.5. The number of aliphatic imine (C=N–C) groups is 1. The first kappa shape index (κ1) is 22.4. The number of halogens is 3. The number of rotatable bonds is 5. The van der Waals surface area contributed by atoms with Crippen LogP contribution in [0.25, 0.3) is 0 Å². The molecule has 1 aliphatic heterocycles. The average molecular weight is 425 g/mol. The van der Waals surface area contributed by atoms with Gasteiger partial charge < -0.3 is 15.5 Å². The van der Waals surface area contributed by atoms with Crippen LogP contribution in [0.2, 0.25) is 0 Å². The second-order valence-electron chi connectivity index (χ2n) is 8.14. The molecule has 1 aromatic rings. The third kappa shape index (κ3) is 6.12. The lowest BCUT2D eigenvalue weighted by molar-refractivity contribution is -0.137. The maximum absolute atomic E-state index is 12.9. The van der Waals surface area contributed by atoms with E-state index in [1.165, 1.54) is 12.5 Å². The molecule has 1 unspecified atom stereocenters. The van der Waals surface area contributed by atoms with Crippen molar-refractivity contribution in [2.24, 2.45) is 10.9 Å². The first-order valence-electron chi connectivity index (χ1n) is 10.9. The van der Waals surface area contributed by atoms with E-state index in [9.17, 15) is 18.0 Å². The molecule has 8 heteroatoms. The predicted molar refractivity (Wildman–Crippen MR) is 111 cm³/mol. The van der Waals surface area contributed by atoms with Crippen LogP contribution in [0.5, 0.6) is 0 Å². The molecule has 1 aromatic carbocycles. The van der Waals surface area contributed by atoms with E-state index in [1.807, 2.05) is 11.8 Å². The first-order valence-corrected chi connectivity index (χ1v) is 10.9. The standard InChI is InChI=1S/C22H31F3N4O/c1-2-26-21(27-14-16-7-6-10-18(13-16)22(23,24)25)28-19-11-12-29(15-19)20(30)17-8-4-3-5-9-17/h6-7,10,13,17,19H,2-5,8-9,11-12,14-15H2,1H3,(H2,26,27,28). The Balaban J connectivity index is 1.57. The van der Waals surface area contributed by atoms with E-state index in [0.29, 0.717) is 24.6 Å². The molecule has 0 radical (unpaired) electrons. The number of alkyl halides is 3. The van der Waals surface area contributed by atoms with Gasteiger partial charge in [-0.2, -0.15) is 13.2 Å². The van der Waals surface area contributed by atoms with Gasteiger partial charge in [-0.25, -0.2) is 4.99 Å². The van der Waals surface area contributed by atoms with Gasteiger partial charge in [-0.1, -0.05) is 31.4 Å². The molecule has 0 bridgehead atoms. The third-order valence-electron chi connectivity index (χ3n) is 5.81. The number of nitrogens with one attached hydrogen (secondary N) is 2. The summed E-state index contributed by atoms with van der Waals surface area (Å²) in [5.74, 6) is 0.997. The van der Waals surface area contributed by atoms with E-state index in [4.69, 9.17) is 0 Å². The van der Waals surface area contributed by atoms with Gasteiger partial charge in [-0.15, -0.1) is 0 Å². The molecule has 0 spiro atoms. The third-order valence-corrected chi connectivity index (χ3v) is 5.81. The Labute approximate surface area is 176 Å². The molecule has 1 heterocycles. The summed E-state index contributed by atoms with van der Waals surface area (Å²) < 4.78 is 38.7. The summed E-state index contributed by atoms with van der Waals surface area (Å²) in [6.07, 6.45) is 1.97. The van der Waals surface area contributed by atoms with Crippen LogP contribution in [0.4, 0.5) is 13.2 Å². The summed E-state index contributed by atoms with van der Waals surface area (Å²) in [5, 5.41) is 6.49. The summed E-state index contributed by atoms with van der Waals surface area (Å²) in [6, 6.07) is 5.33. The van der Waals surface area contributed by atoms with Crippen molar-refractivity contribution in [3.05, 3.63) is 35.4 Å². The van der Waals surface area contributed by atoms with E-state index in [2.05, 4.69) is 15.6 Å². The summed E-state index contributed by atoms with van der Waals surface area (Å²) in [6.45, 7) is 4.11. The van der Waals surface area contributed by atoms with Gasteiger partial charge in [0.2, 0.25) is 5.91 Å². The maximum Gasteiger partial charge on any atom is 0.416 e. The molecule has 1 saturated carbocycles. The Morgan fingerprint density at radius 2 is 1.97 bits per heavy atom. The second kappa shape index (κ2) is 10.2. The minimum absolute atomic E-state index is 0.0943. The SMILES string of the molecule is CCNC(=NCc1cccc(C(F)(F)F)c1)NC1CCN(C(=O)C2CCCCC2)C1. The predicted octanol–water partition coefficient (Wildman–Crippen LogP) is 3.94. The van der Waals surface area contributed by atoms with Crippen LogP contribution < -0.4 is 10.6 Å². The Morgan fingerprint density at radius 1 is 1.20 bits per heavy atom. The summed E-state index contributed by atoms with van der Waals surface area (Å²) in [7, 11) is 0. The van der Waals surface area contributed by atoms with Crippen molar-refractivity contribution in [3.8, 4) is 0 Å². The number of likely N-dealkylation sites (tertiary alicyclic amines) is 1. The maximum atomic E-state index is 12.9. The Morgan fingerprint density at radius 3 is 2.67 bits per heavy atom. The molecule has 2 fully saturated rings. The minimum atomic E-state index is -4.36. The highest BCUT2D eigenvalue weighted by Gasteiger charge is 2.32. The van der Waals surface area contributed by atoms with Crippen molar-refractivity contribution in [2.45, 2.75) is 64.2 Å². The lowest BCUT2D eigenvalue weighted by atomic mass is 9.88. The number of hydrogen-bond donors (Lipinski definition) is 2. The fourth-order valence-electron chi connectivity index (χ4n) is 4.22. The molecule has 1 amide bonds. The van der Waals surface area contributed by atoms with Crippen molar-refractivity contribution in [2.75, 3.05) is 19.6 Å². The monoisotopic (exact) mass is 424 g/mol.